The average Bonchev–Trinajstić information content (AvgIpc) is 2.44. The summed E-state index contributed by atoms with van der Waals surface area (Å²) in [6, 6.07) is 6.12. The van der Waals surface area contributed by atoms with Gasteiger partial charge in [-0.3, -0.25) is 4.79 Å². The first-order valence-corrected chi connectivity index (χ1v) is 7.32. The van der Waals surface area contributed by atoms with Gasteiger partial charge in [0.25, 0.3) is 5.91 Å². The zero-order valence-corrected chi connectivity index (χ0v) is 12.7. The molecule has 3 N–H and O–H groups in total. The van der Waals surface area contributed by atoms with Gasteiger partial charge in [-0.05, 0) is 37.3 Å². The van der Waals surface area contributed by atoms with Crippen molar-refractivity contribution >= 4 is 5.91 Å². The van der Waals surface area contributed by atoms with Crippen LogP contribution in [-0.2, 0) is 11.2 Å². The first kappa shape index (κ1) is 16.5. The second kappa shape index (κ2) is 8.59. The van der Waals surface area contributed by atoms with E-state index in [0.717, 1.165) is 36.1 Å². The second-order valence-corrected chi connectivity index (χ2v) is 5.07. The summed E-state index contributed by atoms with van der Waals surface area (Å²) in [4.78, 5) is 11.6. The first-order valence-electron chi connectivity index (χ1n) is 7.32. The highest BCUT2D eigenvalue weighted by Crippen LogP contribution is 2.24. The van der Waals surface area contributed by atoms with Gasteiger partial charge in [0.1, 0.15) is 5.75 Å². The van der Waals surface area contributed by atoms with Gasteiger partial charge in [-0.2, -0.15) is 0 Å². The molecular formula is C16H26N2O2. The van der Waals surface area contributed by atoms with Gasteiger partial charge in [0.15, 0.2) is 6.61 Å². The first-order chi connectivity index (χ1) is 9.58. The van der Waals surface area contributed by atoms with E-state index in [2.05, 4.69) is 12.2 Å². The SMILES string of the molecule is CCCNC(=O)COc1c(C)cccc1CC(N)CC. The summed E-state index contributed by atoms with van der Waals surface area (Å²) in [7, 11) is 0. The fraction of sp³-hybridized carbons (Fsp3) is 0.562. The lowest BCUT2D eigenvalue weighted by Gasteiger charge is -2.16. The fourth-order valence-electron chi connectivity index (χ4n) is 1.96. The number of rotatable bonds is 8. The zero-order chi connectivity index (χ0) is 15.0. The third kappa shape index (κ3) is 5.21. The Morgan fingerprint density at radius 2 is 2.15 bits per heavy atom. The molecule has 1 rings (SSSR count). The Bertz CT molecular complexity index is 432. The maximum absolute atomic E-state index is 11.6. The van der Waals surface area contributed by atoms with Gasteiger partial charge in [0.05, 0.1) is 0 Å². The number of benzene rings is 1. The number of carbonyl (C=O) groups is 1. The number of aryl methyl sites for hydroxylation is 1. The van der Waals surface area contributed by atoms with Crippen molar-refractivity contribution in [2.75, 3.05) is 13.2 Å². The molecule has 0 bridgehead atoms. The third-order valence-electron chi connectivity index (χ3n) is 3.22. The Morgan fingerprint density at radius 1 is 1.40 bits per heavy atom. The predicted octanol–water partition coefficient (Wildman–Crippen LogP) is 2.18. The van der Waals surface area contributed by atoms with E-state index in [-0.39, 0.29) is 18.6 Å². The van der Waals surface area contributed by atoms with E-state index in [1.807, 2.05) is 32.0 Å². The number of nitrogens with one attached hydrogen (secondary N) is 1. The van der Waals surface area contributed by atoms with E-state index in [1.54, 1.807) is 0 Å². The highest BCUT2D eigenvalue weighted by molar-refractivity contribution is 5.77. The molecule has 1 amide bonds. The molecule has 0 aromatic heterocycles. The van der Waals surface area contributed by atoms with Crippen LogP contribution in [0.25, 0.3) is 0 Å². The van der Waals surface area contributed by atoms with Crippen molar-refractivity contribution in [2.45, 2.75) is 46.1 Å². The summed E-state index contributed by atoms with van der Waals surface area (Å²) in [5.41, 5.74) is 8.12. The van der Waals surface area contributed by atoms with Crippen molar-refractivity contribution in [1.82, 2.24) is 5.32 Å². The van der Waals surface area contributed by atoms with Crippen molar-refractivity contribution in [3.63, 3.8) is 0 Å². The summed E-state index contributed by atoms with van der Waals surface area (Å²) in [5.74, 6) is 0.712. The minimum absolute atomic E-state index is 0.0548. The zero-order valence-electron chi connectivity index (χ0n) is 12.7. The van der Waals surface area contributed by atoms with Crippen LogP contribution in [0.1, 0.15) is 37.8 Å². The van der Waals surface area contributed by atoms with Crippen LogP contribution in [0.5, 0.6) is 5.75 Å². The van der Waals surface area contributed by atoms with Gasteiger partial charge >= 0.3 is 0 Å². The molecule has 0 heterocycles. The monoisotopic (exact) mass is 278 g/mol. The number of ether oxygens (including phenoxy) is 1. The number of amides is 1. The van der Waals surface area contributed by atoms with Crippen molar-refractivity contribution in [2.24, 2.45) is 5.73 Å². The van der Waals surface area contributed by atoms with Crippen molar-refractivity contribution in [3.05, 3.63) is 29.3 Å². The van der Waals surface area contributed by atoms with Gasteiger partial charge in [-0.1, -0.05) is 32.0 Å². The lowest BCUT2D eigenvalue weighted by molar-refractivity contribution is -0.123. The number of hydrogen-bond donors (Lipinski definition) is 2. The maximum atomic E-state index is 11.6. The molecule has 20 heavy (non-hydrogen) atoms. The summed E-state index contributed by atoms with van der Waals surface area (Å²) in [6.45, 7) is 6.81. The van der Waals surface area contributed by atoms with Gasteiger partial charge in [0.2, 0.25) is 0 Å². The average molecular weight is 278 g/mol. The molecule has 0 saturated carbocycles. The third-order valence-corrected chi connectivity index (χ3v) is 3.22. The Kier molecular flexibility index (Phi) is 7.09. The molecule has 1 aromatic rings. The maximum Gasteiger partial charge on any atom is 0.257 e. The molecule has 4 heteroatoms. The molecular weight excluding hydrogens is 252 g/mol. The summed E-state index contributed by atoms with van der Waals surface area (Å²) in [5, 5.41) is 2.80. The van der Waals surface area contributed by atoms with Crippen LogP contribution in [0.3, 0.4) is 0 Å². The van der Waals surface area contributed by atoms with Gasteiger partial charge in [0, 0.05) is 12.6 Å². The number of carbonyl (C=O) groups excluding carboxylic acids is 1. The van der Waals surface area contributed by atoms with E-state index in [9.17, 15) is 4.79 Å². The molecule has 1 atom stereocenters. The minimum Gasteiger partial charge on any atom is -0.483 e. The summed E-state index contributed by atoms with van der Waals surface area (Å²) >= 11 is 0. The van der Waals surface area contributed by atoms with Crippen LogP contribution < -0.4 is 15.8 Å². The highest BCUT2D eigenvalue weighted by atomic mass is 16.5. The smallest absolute Gasteiger partial charge is 0.257 e. The van der Waals surface area contributed by atoms with Crippen LogP contribution in [0.15, 0.2) is 18.2 Å². The molecule has 0 aliphatic rings. The predicted molar refractivity (Wildman–Crippen MR) is 81.9 cm³/mol. The lowest BCUT2D eigenvalue weighted by atomic mass is 10.0. The van der Waals surface area contributed by atoms with Gasteiger partial charge in [-0.15, -0.1) is 0 Å². The largest absolute Gasteiger partial charge is 0.483 e. The Balaban J connectivity index is 2.70. The lowest BCUT2D eigenvalue weighted by Crippen LogP contribution is -2.30. The normalized spacial score (nSPS) is 12.0. The Hall–Kier alpha value is -1.55. The molecule has 0 saturated heterocycles. The Morgan fingerprint density at radius 3 is 2.80 bits per heavy atom. The van der Waals surface area contributed by atoms with E-state index < -0.39 is 0 Å². The van der Waals surface area contributed by atoms with E-state index >= 15 is 0 Å². The fourth-order valence-corrected chi connectivity index (χ4v) is 1.96. The van der Waals surface area contributed by atoms with Crippen LogP contribution >= 0.6 is 0 Å². The molecule has 0 aliphatic heterocycles. The molecule has 112 valence electrons. The quantitative estimate of drug-likeness (QED) is 0.766. The minimum atomic E-state index is -0.0826. The molecule has 0 spiro atoms. The second-order valence-electron chi connectivity index (χ2n) is 5.07. The summed E-state index contributed by atoms with van der Waals surface area (Å²) in [6.07, 6.45) is 2.61. The molecule has 0 fully saturated rings. The van der Waals surface area contributed by atoms with Crippen molar-refractivity contribution < 1.29 is 9.53 Å². The topological polar surface area (TPSA) is 64.3 Å². The van der Waals surface area contributed by atoms with Crippen molar-refractivity contribution in [3.8, 4) is 5.75 Å². The van der Waals surface area contributed by atoms with E-state index in [1.165, 1.54) is 0 Å². The highest BCUT2D eigenvalue weighted by Gasteiger charge is 2.11. The molecule has 1 aromatic carbocycles. The number of hydrogen-bond acceptors (Lipinski definition) is 3. The summed E-state index contributed by atoms with van der Waals surface area (Å²) < 4.78 is 5.70. The molecule has 1 unspecified atom stereocenters. The van der Waals surface area contributed by atoms with E-state index in [0.29, 0.717) is 6.54 Å². The van der Waals surface area contributed by atoms with Gasteiger partial charge in [-0.25, -0.2) is 0 Å². The van der Waals surface area contributed by atoms with E-state index in [4.69, 9.17) is 10.5 Å². The van der Waals surface area contributed by atoms with Gasteiger partial charge < -0.3 is 15.8 Å². The number of para-hydroxylation sites is 1. The molecule has 4 nitrogen and oxygen atoms in total. The Labute approximate surface area is 121 Å². The standard InChI is InChI=1S/C16H26N2O2/c1-4-9-18-15(19)11-20-16-12(3)7-6-8-13(16)10-14(17)5-2/h6-8,14H,4-5,9-11,17H2,1-3H3,(H,18,19). The van der Waals surface area contributed by atoms with Crippen LogP contribution in [0.2, 0.25) is 0 Å². The molecule has 0 aliphatic carbocycles. The van der Waals surface area contributed by atoms with Crippen molar-refractivity contribution in [1.29, 1.82) is 0 Å². The van der Waals surface area contributed by atoms with Crippen LogP contribution in [0.4, 0.5) is 0 Å². The van der Waals surface area contributed by atoms with Crippen LogP contribution in [-0.4, -0.2) is 25.1 Å². The molecule has 0 radical (unpaired) electrons. The van der Waals surface area contributed by atoms with Crippen LogP contribution in [0, 0.1) is 6.92 Å². The number of nitrogens with two attached hydrogens (primary N) is 1.